The molecule has 7 heteroatoms. The van der Waals surface area contributed by atoms with Gasteiger partial charge in [-0.15, -0.1) is 0 Å². The van der Waals surface area contributed by atoms with E-state index < -0.39 is 17.9 Å². The first-order valence-electron chi connectivity index (χ1n) is 6.90. The molecule has 2 rings (SSSR count). The van der Waals surface area contributed by atoms with Crippen LogP contribution in [0.5, 0.6) is 0 Å². The molecule has 0 fully saturated rings. The third-order valence-electron chi connectivity index (χ3n) is 2.72. The van der Waals surface area contributed by atoms with Gasteiger partial charge in [0.2, 0.25) is 0 Å². The molecular weight excluding hydrogens is 328 g/mol. The number of para-hydroxylation sites is 1. The summed E-state index contributed by atoms with van der Waals surface area (Å²) in [7, 11) is 0. The number of carboxylic acid groups (broad SMARTS) is 1. The summed E-state index contributed by atoms with van der Waals surface area (Å²) >= 11 is 0.903. The normalized spacial score (nSPS) is 10.3. The summed E-state index contributed by atoms with van der Waals surface area (Å²) in [6.45, 7) is 0. The van der Waals surface area contributed by atoms with Crippen molar-refractivity contribution in [2.45, 2.75) is 4.90 Å². The summed E-state index contributed by atoms with van der Waals surface area (Å²) in [5.74, 6) is -2.02. The highest BCUT2D eigenvalue weighted by atomic mass is 32.2. The van der Waals surface area contributed by atoms with E-state index in [1.807, 2.05) is 6.07 Å². The van der Waals surface area contributed by atoms with E-state index in [1.165, 1.54) is 0 Å². The Morgan fingerprint density at radius 2 is 1.50 bits per heavy atom. The van der Waals surface area contributed by atoms with Gasteiger partial charge in [-0.05, 0) is 36.2 Å². The van der Waals surface area contributed by atoms with Crippen molar-refractivity contribution >= 4 is 35.5 Å². The highest BCUT2D eigenvalue weighted by Gasteiger charge is 2.21. The second-order valence-corrected chi connectivity index (χ2v) is 5.52. The van der Waals surface area contributed by atoms with Crippen LogP contribution in [0.25, 0.3) is 0 Å². The number of aliphatic carboxylic acids is 1. The van der Waals surface area contributed by atoms with Crippen LogP contribution in [0.1, 0.15) is 0 Å². The second-order valence-electron chi connectivity index (χ2n) is 4.50. The van der Waals surface area contributed by atoms with Gasteiger partial charge in [0.15, 0.2) is 0 Å². The lowest BCUT2D eigenvalue weighted by atomic mass is 10.3. The molecule has 2 N–H and O–H groups in total. The molecule has 0 unspecified atom stereocenters. The second kappa shape index (κ2) is 8.54. The molecule has 0 radical (unpaired) electrons. The van der Waals surface area contributed by atoms with Gasteiger partial charge >= 0.3 is 12.0 Å². The smallest absolute Gasteiger partial charge is 0.339 e. The van der Waals surface area contributed by atoms with Crippen LogP contribution in [0.4, 0.5) is 10.5 Å². The molecule has 2 aromatic carbocycles. The number of nitrogens with zero attached hydrogens (tertiary/aromatic N) is 1. The predicted octanol–water partition coefficient (Wildman–Crippen LogP) is 3.40. The summed E-state index contributed by atoms with van der Waals surface area (Å²) in [5, 5.41) is 11.2. The van der Waals surface area contributed by atoms with Crippen LogP contribution >= 0.6 is 11.9 Å². The minimum absolute atomic E-state index is 0.524. The molecule has 0 aliphatic rings. The number of carboxylic acids is 1. The number of hydrogen-bond donors (Lipinski definition) is 2. The Balaban J connectivity index is 2.19. The zero-order valence-electron chi connectivity index (χ0n) is 12.5. The van der Waals surface area contributed by atoms with Crippen molar-refractivity contribution in [2.24, 2.45) is 0 Å². The van der Waals surface area contributed by atoms with Gasteiger partial charge in [-0.1, -0.05) is 36.4 Å². The number of urea groups is 1. The van der Waals surface area contributed by atoms with Crippen molar-refractivity contribution in [3.8, 4) is 0 Å². The Labute approximate surface area is 142 Å². The van der Waals surface area contributed by atoms with E-state index in [9.17, 15) is 14.4 Å². The topological polar surface area (TPSA) is 86.7 Å². The number of hydrogen-bond acceptors (Lipinski definition) is 4. The zero-order chi connectivity index (χ0) is 17.4. The average molecular weight is 342 g/mol. The fourth-order valence-corrected chi connectivity index (χ4v) is 2.45. The summed E-state index contributed by atoms with van der Waals surface area (Å²) < 4.78 is 0.863. The van der Waals surface area contributed by atoms with Crippen LogP contribution in [0.2, 0.25) is 0 Å². The van der Waals surface area contributed by atoms with Gasteiger partial charge in [0.25, 0.3) is 5.91 Å². The first-order valence-corrected chi connectivity index (χ1v) is 7.68. The molecular formula is C17H14N2O4S. The maximum absolute atomic E-state index is 12.4. The standard InChI is InChI=1S/C17H14N2O4S/c20-15(11-12-16(21)22)19(24-14-9-5-2-6-10-14)17(23)18-13-7-3-1-4-8-13/h1-12H,(H,18,23)(H,21,22)/b12-11-. The SMILES string of the molecule is O=C(O)/C=C\C(=O)N(Sc1ccccc1)C(=O)Nc1ccccc1. The Morgan fingerprint density at radius 3 is 2.08 bits per heavy atom. The van der Waals surface area contributed by atoms with Crippen LogP contribution in [-0.2, 0) is 9.59 Å². The van der Waals surface area contributed by atoms with Crippen molar-refractivity contribution in [1.82, 2.24) is 4.31 Å². The van der Waals surface area contributed by atoms with E-state index in [1.54, 1.807) is 54.6 Å². The first-order chi connectivity index (χ1) is 11.6. The number of nitrogens with one attached hydrogen (secondary N) is 1. The Morgan fingerprint density at radius 1 is 0.917 bits per heavy atom. The Kier molecular flexibility index (Phi) is 6.16. The summed E-state index contributed by atoms with van der Waals surface area (Å²) in [6, 6.07) is 16.8. The van der Waals surface area contributed by atoms with E-state index in [0.717, 1.165) is 22.3 Å². The van der Waals surface area contributed by atoms with Crippen LogP contribution in [0.3, 0.4) is 0 Å². The monoisotopic (exact) mass is 342 g/mol. The van der Waals surface area contributed by atoms with Crippen LogP contribution in [-0.4, -0.2) is 27.3 Å². The van der Waals surface area contributed by atoms with E-state index in [4.69, 9.17) is 5.11 Å². The molecule has 0 aliphatic carbocycles. The van der Waals surface area contributed by atoms with E-state index in [0.29, 0.717) is 16.7 Å². The van der Waals surface area contributed by atoms with E-state index in [-0.39, 0.29) is 0 Å². The number of carbonyl (C=O) groups excluding carboxylic acids is 2. The maximum Gasteiger partial charge on any atom is 0.339 e. The van der Waals surface area contributed by atoms with Gasteiger partial charge in [0, 0.05) is 22.7 Å². The molecule has 24 heavy (non-hydrogen) atoms. The maximum atomic E-state index is 12.4. The fraction of sp³-hybridized carbons (Fsp3) is 0. The molecule has 3 amide bonds. The van der Waals surface area contributed by atoms with Crippen LogP contribution in [0.15, 0.2) is 77.7 Å². The van der Waals surface area contributed by atoms with Crippen LogP contribution in [0, 0.1) is 0 Å². The third kappa shape index (κ3) is 5.29. The van der Waals surface area contributed by atoms with Gasteiger partial charge in [-0.2, -0.15) is 4.31 Å². The molecule has 6 nitrogen and oxygen atoms in total. The predicted molar refractivity (Wildman–Crippen MR) is 91.4 cm³/mol. The number of rotatable bonds is 5. The zero-order valence-corrected chi connectivity index (χ0v) is 13.3. The highest BCUT2D eigenvalue weighted by Crippen LogP contribution is 2.24. The molecule has 122 valence electrons. The Hall–Kier alpha value is -3.06. The third-order valence-corrected chi connectivity index (χ3v) is 3.73. The molecule has 0 spiro atoms. The lowest BCUT2D eigenvalue weighted by Crippen LogP contribution is -2.33. The number of amides is 3. The first kappa shape index (κ1) is 17.3. The minimum atomic E-state index is -1.27. The van der Waals surface area contributed by atoms with Gasteiger partial charge in [0.05, 0.1) is 0 Å². The molecule has 0 aromatic heterocycles. The largest absolute Gasteiger partial charge is 0.478 e. The van der Waals surface area contributed by atoms with Crippen molar-refractivity contribution < 1.29 is 19.5 Å². The fourth-order valence-electron chi connectivity index (χ4n) is 1.68. The highest BCUT2D eigenvalue weighted by molar-refractivity contribution is 7.98. The van der Waals surface area contributed by atoms with Crippen molar-refractivity contribution in [1.29, 1.82) is 0 Å². The molecule has 0 saturated carbocycles. The number of carbonyl (C=O) groups is 3. The van der Waals surface area contributed by atoms with Crippen LogP contribution < -0.4 is 5.32 Å². The number of imide groups is 1. The van der Waals surface area contributed by atoms with E-state index >= 15 is 0 Å². The summed E-state index contributed by atoms with van der Waals surface area (Å²) in [5.41, 5.74) is 0.524. The lowest BCUT2D eigenvalue weighted by molar-refractivity contribution is -0.131. The molecule has 0 bridgehead atoms. The summed E-state index contributed by atoms with van der Waals surface area (Å²) in [6.07, 6.45) is 1.53. The Bertz CT molecular complexity index is 748. The number of anilines is 1. The molecule has 0 atom stereocenters. The van der Waals surface area contributed by atoms with Crippen molar-refractivity contribution in [2.75, 3.05) is 5.32 Å². The molecule has 0 saturated heterocycles. The summed E-state index contributed by atoms with van der Waals surface area (Å²) in [4.78, 5) is 35.8. The quantitative estimate of drug-likeness (QED) is 0.642. The molecule has 2 aromatic rings. The lowest BCUT2D eigenvalue weighted by Gasteiger charge is -2.18. The van der Waals surface area contributed by atoms with Gasteiger partial charge in [-0.3, -0.25) is 4.79 Å². The van der Waals surface area contributed by atoms with E-state index in [2.05, 4.69) is 5.32 Å². The average Bonchev–Trinajstić information content (AvgIpc) is 2.59. The molecule has 0 aliphatic heterocycles. The van der Waals surface area contributed by atoms with Crippen molar-refractivity contribution in [3.63, 3.8) is 0 Å². The van der Waals surface area contributed by atoms with Gasteiger partial charge in [-0.25, -0.2) is 9.59 Å². The number of benzene rings is 2. The minimum Gasteiger partial charge on any atom is -0.478 e. The van der Waals surface area contributed by atoms with Gasteiger partial charge in [0.1, 0.15) is 0 Å². The van der Waals surface area contributed by atoms with Crippen molar-refractivity contribution in [3.05, 3.63) is 72.8 Å². The van der Waals surface area contributed by atoms with Gasteiger partial charge < -0.3 is 10.4 Å². The molecule has 0 heterocycles.